The minimum atomic E-state index is -0.288. The number of rotatable bonds is 4. The molecular formula is C18H16Cl2N4O. The molecule has 0 saturated heterocycles. The van der Waals surface area contributed by atoms with Gasteiger partial charge in [0.2, 0.25) is 0 Å². The average Bonchev–Trinajstić information content (AvgIpc) is 2.92. The summed E-state index contributed by atoms with van der Waals surface area (Å²) in [5.74, 6) is -0.288. The normalized spacial score (nSPS) is 10.7. The third-order valence-electron chi connectivity index (χ3n) is 3.79. The Balaban J connectivity index is 1.78. The van der Waals surface area contributed by atoms with Crippen molar-refractivity contribution >= 4 is 34.8 Å². The second kappa shape index (κ2) is 7.25. The van der Waals surface area contributed by atoms with Crippen molar-refractivity contribution in [1.82, 2.24) is 15.0 Å². The lowest BCUT2D eigenvalue weighted by Gasteiger charge is -2.06. The third-order valence-corrected chi connectivity index (χ3v) is 4.53. The number of nitrogens with zero attached hydrogens (tertiary/aromatic N) is 3. The maximum absolute atomic E-state index is 12.4. The molecule has 2 aromatic carbocycles. The summed E-state index contributed by atoms with van der Waals surface area (Å²) < 4.78 is 1.66. The molecule has 0 aliphatic heterocycles. The highest BCUT2D eigenvalue weighted by atomic mass is 35.5. The highest BCUT2D eigenvalue weighted by molar-refractivity contribution is 6.42. The topological polar surface area (TPSA) is 59.8 Å². The van der Waals surface area contributed by atoms with Gasteiger partial charge in [0.25, 0.3) is 5.91 Å². The van der Waals surface area contributed by atoms with Crippen LogP contribution in [0.3, 0.4) is 0 Å². The molecule has 0 aliphatic carbocycles. The summed E-state index contributed by atoms with van der Waals surface area (Å²) in [6.07, 6.45) is 0. The lowest BCUT2D eigenvalue weighted by molar-refractivity contribution is 0.102. The van der Waals surface area contributed by atoms with E-state index in [1.165, 1.54) is 0 Å². The van der Waals surface area contributed by atoms with E-state index in [0.29, 0.717) is 28.0 Å². The van der Waals surface area contributed by atoms with Crippen molar-refractivity contribution in [2.75, 3.05) is 5.32 Å². The second-order valence-corrected chi connectivity index (χ2v) is 6.57. The number of aromatic nitrogens is 3. The molecule has 25 heavy (non-hydrogen) atoms. The number of amides is 1. The standard InChI is InChI=1S/C18H16Cl2N4O/c1-11-4-3-5-14(8-11)21-18(25)17-12(2)24(23-22-17)10-13-6-7-15(19)16(20)9-13/h3-9H,10H2,1-2H3,(H,21,25). The van der Waals surface area contributed by atoms with Gasteiger partial charge in [-0.15, -0.1) is 5.10 Å². The van der Waals surface area contributed by atoms with E-state index < -0.39 is 0 Å². The third kappa shape index (κ3) is 4.00. The Kier molecular flexibility index (Phi) is 5.06. The van der Waals surface area contributed by atoms with Gasteiger partial charge in [0, 0.05) is 5.69 Å². The molecule has 128 valence electrons. The van der Waals surface area contributed by atoms with Gasteiger partial charge in [0.1, 0.15) is 0 Å². The van der Waals surface area contributed by atoms with Gasteiger partial charge in [-0.1, -0.05) is 46.6 Å². The molecule has 1 heterocycles. The lowest BCUT2D eigenvalue weighted by Crippen LogP contribution is -2.14. The number of benzene rings is 2. The van der Waals surface area contributed by atoms with Crippen LogP contribution in [0.2, 0.25) is 10.0 Å². The summed E-state index contributed by atoms with van der Waals surface area (Å²) in [5, 5.41) is 11.9. The van der Waals surface area contributed by atoms with E-state index in [1.807, 2.05) is 44.2 Å². The van der Waals surface area contributed by atoms with Gasteiger partial charge < -0.3 is 5.32 Å². The van der Waals surface area contributed by atoms with Crippen LogP contribution >= 0.6 is 23.2 Å². The Hall–Kier alpha value is -2.37. The van der Waals surface area contributed by atoms with Crippen molar-refractivity contribution < 1.29 is 4.79 Å². The fourth-order valence-corrected chi connectivity index (χ4v) is 2.77. The summed E-state index contributed by atoms with van der Waals surface area (Å²) in [5.41, 5.74) is 3.69. The minimum Gasteiger partial charge on any atom is -0.321 e. The maximum atomic E-state index is 12.4. The van der Waals surface area contributed by atoms with Crippen molar-refractivity contribution in [2.45, 2.75) is 20.4 Å². The zero-order chi connectivity index (χ0) is 18.0. The van der Waals surface area contributed by atoms with Crippen molar-refractivity contribution in [2.24, 2.45) is 0 Å². The molecule has 1 aromatic heterocycles. The average molecular weight is 375 g/mol. The first kappa shape index (κ1) is 17.5. The molecule has 3 rings (SSSR count). The largest absolute Gasteiger partial charge is 0.321 e. The molecule has 0 spiro atoms. The molecule has 0 fully saturated rings. The fraction of sp³-hybridized carbons (Fsp3) is 0.167. The van der Waals surface area contributed by atoms with Crippen LogP contribution in [0.25, 0.3) is 0 Å². The van der Waals surface area contributed by atoms with E-state index in [0.717, 1.165) is 16.8 Å². The van der Waals surface area contributed by atoms with Crippen molar-refractivity contribution in [3.8, 4) is 0 Å². The van der Waals surface area contributed by atoms with Crippen LogP contribution in [0.4, 0.5) is 5.69 Å². The molecule has 1 N–H and O–H groups in total. The van der Waals surface area contributed by atoms with Gasteiger partial charge in [-0.05, 0) is 49.2 Å². The molecule has 0 saturated carbocycles. The lowest BCUT2D eigenvalue weighted by atomic mass is 10.2. The predicted octanol–water partition coefficient (Wildman–Crippen LogP) is 4.50. The molecule has 0 unspecified atom stereocenters. The van der Waals surface area contributed by atoms with E-state index in [2.05, 4.69) is 15.6 Å². The number of hydrogen-bond acceptors (Lipinski definition) is 3. The number of aryl methyl sites for hydroxylation is 1. The minimum absolute atomic E-state index is 0.288. The molecule has 1 amide bonds. The van der Waals surface area contributed by atoms with Crippen molar-refractivity contribution in [3.63, 3.8) is 0 Å². The van der Waals surface area contributed by atoms with E-state index >= 15 is 0 Å². The first-order chi connectivity index (χ1) is 11.9. The van der Waals surface area contributed by atoms with Crippen LogP contribution < -0.4 is 5.32 Å². The first-order valence-corrected chi connectivity index (χ1v) is 8.41. The number of hydrogen-bond donors (Lipinski definition) is 1. The zero-order valence-electron chi connectivity index (χ0n) is 13.8. The molecule has 0 bridgehead atoms. The molecular weight excluding hydrogens is 359 g/mol. The van der Waals surface area contributed by atoms with Gasteiger partial charge in [-0.2, -0.15) is 0 Å². The fourth-order valence-electron chi connectivity index (χ4n) is 2.44. The van der Waals surface area contributed by atoms with E-state index in [9.17, 15) is 4.79 Å². The zero-order valence-corrected chi connectivity index (χ0v) is 15.3. The Labute approximate surface area is 155 Å². The predicted molar refractivity (Wildman–Crippen MR) is 99.5 cm³/mol. The van der Waals surface area contributed by atoms with Crippen LogP contribution in [-0.2, 0) is 6.54 Å². The number of carbonyl (C=O) groups excluding carboxylic acids is 1. The SMILES string of the molecule is Cc1cccc(NC(=O)c2nnn(Cc3ccc(Cl)c(Cl)c3)c2C)c1. The monoisotopic (exact) mass is 374 g/mol. The molecule has 0 atom stereocenters. The maximum Gasteiger partial charge on any atom is 0.278 e. The van der Waals surface area contributed by atoms with Gasteiger partial charge in [0.15, 0.2) is 5.69 Å². The Bertz CT molecular complexity index is 937. The van der Waals surface area contributed by atoms with Gasteiger partial charge in [0.05, 0.1) is 22.3 Å². The number of anilines is 1. The smallest absolute Gasteiger partial charge is 0.278 e. The number of carbonyl (C=O) groups is 1. The van der Waals surface area contributed by atoms with Crippen LogP contribution in [0.1, 0.15) is 27.3 Å². The van der Waals surface area contributed by atoms with Gasteiger partial charge in [-0.3, -0.25) is 4.79 Å². The molecule has 3 aromatic rings. The van der Waals surface area contributed by atoms with Crippen LogP contribution in [-0.4, -0.2) is 20.9 Å². The number of halogens is 2. The first-order valence-electron chi connectivity index (χ1n) is 7.66. The highest BCUT2D eigenvalue weighted by Gasteiger charge is 2.17. The van der Waals surface area contributed by atoms with Crippen LogP contribution in [0, 0.1) is 13.8 Å². The van der Waals surface area contributed by atoms with Crippen molar-refractivity contribution in [3.05, 3.63) is 75.0 Å². The summed E-state index contributed by atoms with van der Waals surface area (Å²) in [6, 6.07) is 13.0. The summed E-state index contributed by atoms with van der Waals surface area (Å²) >= 11 is 12.0. The van der Waals surface area contributed by atoms with Gasteiger partial charge >= 0.3 is 0 Å². The summed E-state index contributed by atoms with van der Waals surface area (Å²) in [6.45, 7) is 4.23. The Morgan fingerprint density at radius 3 is 2.64 bits per heavy atom. The van der Waals surface area contributed by atoms with Crippen LogP contribution in [0.5, 0.6) is 0 Å². The quantitative estimate of drug-likeness (QED) is 0.730. The Morgan fingerprint density at radius 1 is 1.12 bits per heavy atom. The molecule has 7 heteroatoms. The molecule has 0 aliphatic rings. The summed E-state index contributed by atoms with van der Waals surface area (Å²) in [4.78, 5) is 12.4. The molecule has 5 nitrogen and oxygen atoms in total. The van der Waals surface area contributed by atoms with Gasteiger partial charge in [-0.25, -0.2) is 4.68 Å². The Morgan fingerprint density at radius 2 is 1.92 bits per heavy atom. The highest BCUT2D eigenvalue weighted by Crippen LogP contribution is 2.23. The van der Waals surface area contributed by atoms with E-state index in [4.69, 9.17) is 23.2 Å². The second-order valence-electron chi connectivity index (χ2n) is 5.75. The van der Waals surface area contributed by atoms with E-state index in [1.54, 1.807) is 16.8 Å². The molecule has 0 radical (unpaired) electrons. The van der Waals surface area contributed by atoms with E-state index in [-0.39, 0.29) is 5.91 Å². The summed E-state index contributed by atoms with van der Waals surface area (Å²) in [7, 11) is 0. The van der Waals surface area contributed by atoms with Crippen molar-refractivity contribution in [1.29, 1.82) is 0 Å². The van der Waals surface area contributed by atoms with Crippen LogP contribution in [0.15, 0.2) is 42.5 Å². The number of nitrogens with one attached hydrogen (secondary N) is 1.